The van der Waals surface area contributed by atoms with Crippen LogP contribution in [0.25, 0.3) is 0 Å². The van der Waals surface area contributed by atoms with Crippen molar-refractivity contribution < 1.29 is 31.6 Å². The number of aliphatic hydroxyl groups is 1. The van der Waals surface area contributed by atoms with Gasteiger partial charge >= 0.3 is 6.18 Å². The lowest BCUT2D eigenvalue weighted by molar-refractivity contribution is -0.384. The van der Waals surface area contributed by atoms with Gasteiger partial charge in [-0.25, -0.2) is 13.1 Å². The third-order valence-electron chi connectivity index (χ3n) is 2.26. The molecule has 0 aliphatic heterocycles. The number of halogens is 4. The lowest BCUT2D eigenvalue weighted by Crippen LogP contribution is -2.40. The number of aliphatic hydroxyl groups excluding tert-OH is 1. The summed E-state index contributed by atoms with van der Waals surface area (Å²) in [4.78, 5) is 9.01. The molecule has 7 nitrogen and oxygen atoms in total. The number of rotatable bonds is 5. The summed E-state index contributed by atoms with van der Waals surface area (Å²) in [7, 11) is -4.45. The summed E-state index contributed by atoms with van der Waals surface area (Å²) in [6.07, 6.45) is -7.87. The molecule has 12 heteroatoms. The molecular weight excluding hydrogens is 341 g/mol. The molecule has 0 heterocycles. The van der Waals surface area contributed by atoms with E-state index in [-0.39, 0.29) is 0 Å². The lowest BCUT2D eigenvalue weighted by atomic mass is 10.3. The van der Waals surface area contributed by atoms with Gasteiger partial charge in [-0.1, -0.05) is 11.6 Å². The SMILES string of the molecule is O=[N+]([O-])c1ccc(S(=O)(=O)NCC(O)C(F)(F)F)c(Cl)c1. The quantitative estimate of drug-likeness (QED) is 0.618. The number of hydrogen-bond donors (Lipinski definition) is 2. The number of sulfonamides is 1. The Labute approximate surface area is 121 Å². The van der Waals surface area contributed by atoms with Gasteiger partial charge in [0.1, 0.15) is 4.90 Å². The van der Waals surface area contributed by atoms with E-state index in [0.717, 1.165) is 18.2 Å². The van der Waals surface area contributed by atoms with Crippen LogP contribution in [0.1, 0.15) is 0 Å². The Hall–Kier alpha value is -1.43. The molecular formula is C9H8ClF3N2O5S. The van der Waals surface area contributed by atoms with Crippen molar-refractivity contribution in [2.24, 2.45) is 0 Å². The number of benzene rings is 1. The van der Waals surface area contributed by atoms with E-state index in [0.29, 0.717) is 0 Å². The summed E-state index contributed by atoms with van der Waals surface area (Å²) in [6.45, 7) is -1.31. The molecule has 118 valence electrons. The maximum atomic E-state index is 12.1. The molecule has 0 radical (unpaired) electrons. The van der Waals surface area contributed by atoms with Gasteiger partial charge in [-0.2, -0.15) is 13.2 Å². The van der Waals surface area contributed by atoms with Gasteiger partial charge < -0.3 is 5.11 Å². The molecule has 1 rings (SSSR count). The lowest BCUT2D eigenvalue weighted by Gasteiger charge is -2.15. The monoisotopic (exact) mass is 348 g/mol. The van der Waals surface area contributed by atoms with Gasteiger partial charge in [-0.05, 0) is 6.07 Å². The molecule has 0 aromatic heterocycles. The number of nitro groups is 1. The Morgan fingerprint density at radius 2 is 2.00 bits per heavy atom. The molecule has 1 unspecified atom stereocenters. The Kier molecular flexibility index (Phi) is 5.15. The van der Waals surface area contributed by atoms with Crippen LogP contribution in [0, 0.1) is 10.1 Å². The van der Waals surface area contributed by atoms with E-state index < -0.39 is 49.4 Å². The van der Waals surface area contributed by atoms with Crippen LogP contribution in [-0.4, -0.2) is 37.3 Å². The fourth-order valence-corrected chi connectivity index (χ4v) is 2.78. The standard InChI is InChI=1S/C9H8ClF3N2O5S/c10-6-3-5(15(17)18)1-2-7(6)21(19,20)14-4-8(16)9(11,12)13/h1-3,8,14,16H,4H2. The van der Waals surface area contributed by atoms with Crippen LogP contribution in [-0.2, 0) is 10.0 Å². The summed E-state index contributed by atoms with van der Waals surface area (Å²) in [5, 5.41) is 18.6. The van der Waals surface area contributed by atoms with E-state index in [9.17, 15) is 31.7 Å². The topological polar surface area (TPSA) is 110 Å². The zero-order valence-corrected chi connectivity index (χ0v) is 11.5. The average Bonchev–Trinajstić information content (AvgIpc) is 2.34. The van der Waals surface area contributed by atoms with Gasteiger partial charge in [0.2, 0.25) is 10.0 Å². The molecule has 0 spiro atoms. The highest BCUT2D eigenvalue weighted by molar-refractivity contribution is 7.89. The first kappa shape index (κ1) is 17.6. The zero-order chi connectivity index (χ0) is 16.4. The van der Waals surface area contributed by atoms with Gasteiger partial charge in [0, 0.05) is 18.7 Å². The van der Waals surface area contributed by atoms with Crippen LogP contribution in [0.4, 0.5) is 18.9 Å². The second kappa shape index (κ2) is 6.13. The molecule has 0 saturated carbocycles. The molecule has 1 atom stereocenters. The maximum absolute atomic E-state index is 12.1. The molecule has 1 aromatic rings. The molecule has 1 aromatic carbocycles. The van der Waals surface area contributed by atoms with Crippen molar-refractivity contribution in [1.29, 1.82) is 0 Å². The van der Waals surface area contributed by atoms with E-state index in [4.69, 9.17) is 16.7 Å². The van der Waals surface area contributed by atoms with E-state index in [1.165, 1.54) is 4.72 Å². The Bertz CT molecular complexity index is 649. The van der Waals surface area contributed by atoms with Crippen LogP contribution >= 0.6 is 11.6 Å². The minimum atomic E-state index is -4.98. The van der Waals surface area contributed by atoms with Crippen molar-refractivity contribution in [2.45, 2.75) is 17.2 Å². The molecule has 0 aliphatic rings. The first-order valence-electron chi connectivity index (χ1n) is 5.13. The Morgan fingerprint density at radius 3 is 2.43 bits per heavy atom. The number of nitrogens with zero attached hydrogens (tertiary/aromatic N) is 1. The van der Waals surface area contributed by atoms with E-state index >= 15 is 0 Å². The van der Waals surface area contributed by atoms with E-state index in [2.05, 4.69) is 0 Å². The number of nitrogens with one attached hydrogen (secondary N) is 1. The first-order valence-corrected chi connectivity index (χ1v) is 6.99. The largest absolute Gasteiger partial charge is 0.415 e. The summed E-state index contributed by atoms with van der Waals surface area (Å²) < 4.78 is 61.1. The zero-order valence-electron chi connectivity index (χ0n) is 9.96. The minimum absolute atomic E-state index is 0.478. The predicted molar refractivity (Wildman–Crippen MR) is 65.4 cm³/mol. The second-order valence-electron chi connectivity index (χ2n) is 3.78. The van der Waals surface area contributed by atoms with Crippen LogP contribution in [0.3, 0.4) is 0 Å². The van der Waals surface area contributed by atoms with Crippen LogP contribution in [0.15, 0.2) is 23.1 Å². The normalized spacial score (nSPS) is 14.0. The number of nitro benzene ring substituents is 1. The third-order valence-corrected chi connectivity index (χ3v) is 4.17. The van der Waals surface area contributed by atoms with Crippen LogP contribution < -0.4 is 4.72 Å². The Balaban J connectivity index is 2.96. The number of non-ortho nitro benzene ring substituents is 1. The van der Waals surface area contributed by atoms with Crippen LogP contribution in [0.5, 0.6) is 0 Å². The highest BCUT2D eigenvalue weighted by Crippen LogP contribution is 2.26. The van der Waals surface area contributed by atoms with Gasteiger partial charge in [0.05, 0.1) is 9.95 Å². The fraction of sp³-hybridized carbons (Fsp3) is 0.333. The minimum Gasteiger partial charge on any atom is -0.382 e. The smallest absolute Gasteiger partial charge is 0.382 e. The maximum Gasteiger partial charge on any atom is 0.415 e. The van der Waals surface area contributed by atoms with Crippen molar-refractivity contribution in [3.63, 3.8) is 0 Å². The molecule has 0 amide bonds. The van der Waals surface area contributed by atoms with Crippen molar-refractivity contribution >= 4 is 27.3 Å². The van der Waals surface area contributed by atoms with E-state index in [1.54, 1.807) is 0 Å². The van der Waals surface area contributed by atoms with Crippen LogP contribution in [0.2, 0.25) is 5.02 Å². The van der Waals surface area contributed by atoms with Crippen molar-refractivity contribution in [3.05, 3.63) is 33.3 Å². The third kappa shape index (κ3) is 4.52. The van der Waals surface area contributed by atoms with Gasteiger partial charge in [-0.3, -0.25) is 10.1 Å². The summed E-state index contributed by atoms with van der Waals surface area (Å²) in [5.74, 6) is 0. The molecule has 2 N–H and O–H groups in total. The summed E-state index contributed by atoms with van der Waals surface area (Å²) >= 11 is 5.55. The van der Waals surface area contributed by atoms with Gasteiger partial charge in [-0.15, -0.1) is 0 Å². The van der Waals surface area contributed by atoms with Gasteiger partial charge in [0.15, 0.2) is 6.10 Å². The predicted octanol–water partition coefficient (Wildman–Crippen LogP) is 1.45. The van der Waals surface area contributed by atoms with Crippen molar-refractivity contribution in [1.82, 2.24) is 4.72 Å². The second-order valence-corrected chi connectivity index (χ2v) is 5.92. The highest BCUT2D eigenvalue weighted by Gasteiger charge is 2.38. The highest BCUT2D eigenvalue weighted by atomic mass is 35.5. The first-order chi connectivity index (χ1) is 9.45. The van der Waals surface area contributed by atoms with E-state index in [1.807, 2.05) is 0 Å². The molecule has 0 bridgehead atoms. The molecule has 0 aliphatic carbocycles. The number of hydrogen-bond acceptors (Lipinski definition) is 5. The fourth-order valence-electron chi connectivity index (χ4n) is 1.20. The van der Waals surface area contributed by atoms with Crippen molar-refractivity contribution in [2.75, 3.05) is 6.54 Å². The molecule has 0 saturated heterocycles. The summed E-state index contributed by atoms with van der Waals surface area (Å²) in [6, 6.07) is 2.36. The Morgan fingerprint density at radius 1 is 1.43 bits per heavy atom. The van der Waals surface area contributed by atoms with Gasteiger partial charge in [0.25, 0.3) is 5.69 Å². The van der Waals surface area contributed by atoms with Crippen molar-refractivity contribution in [3.8, 4) is 0 Å². The average molecular weight is 349 g/mol. The molecule has 0 fully saturated rings. The number of alkyl halides is 3. The summed E-state index contributed by atoms with van der Waals surface area (Å²) in [5.41, 5.74) is -0.478. The molecule has 21 heavy (non-hydrogen) atoms.